The second-order valence-corrected chi connectivity index (χ2v) is 7.94. The number of benzene rings is 1. The first-order valence-corrected chi connectivity index (χ1v) is 10.3. The molecule has 0 spiro atoms. The van der Waals surface area contributed by atoms with Crippen molar-refractivity contribution in [1.29, 1.82) is 0 Å². The normalized spacial score (nSPS) is 12.9. The monoisotopic (exact) mass is 411 g/mol. The fourth-order valence-corrected chi connectivity index (χ4v) is 4.14. The van der Waals surface area contributed by atoms with Crippen molar-refractivity contribution in [2.75, 3.05) is 18.1 Å². The van der Waals surface area contributed by atoms with E-state index in [-0.39, 0.29) is 12.5 Å². The Labute approximate surface area is 172 Å². The topological polar surface area (TPSA) is 85.5 Å². The molecule has 0 unspecified atom stereocenters. The zero-order valence-corrected chi connectivity index (χ0v) is 17.3. The van der Waals surface area contributed by atoms with Crippen molar-refractivity contribution in [1.82, 2.24) is 10.1 Å². The van der Waals surface area contributed by atoms with Gasteiger partial charge in [-0.05, 0) is 44.4 Å². The highest BCUT2D eigenvalue weighted by Crippen LogP contribution is 2.32. The molecular formula is C21H21N3O4S. The second kappa shape index (κ2) is 7.79. The van der Waals surface area contributed by atoms with Crippen molar-refractivity contribution >= 4 is 28.9 Å². The molecule has 1 aliphatic rings. The second-order valence-electron chi connectivity index (χ2n) is 6.88. The number of hydrogen-bond acceptors (Lipinski definition) is 7. The number of thiazole rings is 1. The lowest BCUT2D eigenvalue weighted by Crippen LogP contribution is -2.33. The Kier molecular flexibility index (Phi) is 5.19. The molecule has 0 bridgehead atoms. The lowest BCUT2D eigenvalue weighted by atomic mass is 10.1. The number of carbonyl (C=O) groups is 2. The Balaban J connectivity index is 1.45. The van der Waals surface area contributed by atoms with Gasteiger partial charge in [0.05, 0.1) is 16.4 Å². The maximum atomic E-state index is 12.7. The highest BCUT2D eigenvalue weighted by Gasteiger charge is 2.27. The lowest BCUT2D eigenvalue weighted by molar-refractivity contribution is -0.121. The summed E-state index contributed by atoms with van der Waals surface area (Å²) in [5.74, 6) is -0.431. The van der Waals surface area contributed by atoms with Crippen molar-refractivity contribution in [3.05, 3.63) is 51.2 Å². The van der Waals surface area contributed by atoms with Gasteiger partial charge in [-0.2, -0.15) is 0 Å². The van der Waals surface area contributed by atoms with Crippen LogP contribution in [0.15, 0.2) is 28.1 Å². The number of nitrogens with zero attached hydrogens (tertiary/aromatic N) is 3. The van der Waals surface area contributed by atoms with Crippen LogP contribution < -0.4 is 4.90 Å². The van der Waals surface area contributed by atoms with E-state index in [9.17, 15) is 9.59 Å². The third-order valence-corrected chi connectivity index (χ3v) is 5.76. The molecule has 1 amide bonds. The van der Waals surface area contributed by atoms with Crippen LogP contribution >= 0.6 is 11.3 Å². The van der Waals surface area contributed by atoms with E-state index in [0.717, 1.165) is 33.9 Å². The number of ether oxygens (including phenoxy) is 1. The van der Waals surface area contributed by atoms with Gasteiger partial charge in [-0.3, -0.25) is 4.79 Å². The highest BCUT2D eigenvalue weighted by atomic mass is 32.1. The summed E-state index contributed by atoms with van der Waals surface area (Å²) in [5.41, 5.74) is 4.79. The highest BCUT2D eigenvalue weighted by molar-refractivity contribution is 7.09. The number of amides is 1. The molecule has 150 valence electrons. The van der Waals surface area contributed by atoms with E-state index < -0.39 is 5.97 Å². The van der Waals surface area contributed by atoms with E-state index in [4.69, 9.17) is 9.26 Å². The quantitative estimate of drug-likeness (QED) is 0.595. The Hall–Kier alpha value is -3.00. The molecule has 0 atom stereocenters. The third kappa shape index (κ3) is 3.67. The number of fused-ring (bicyclic) bond motifs is 1. The minimum absolute atomic E-state index is 0.249. The molecule has 8 heteroatoms. The molecule has 0 fully saturated rings. The van der Waals surface area contributed by atoms with Crippen molar-refractivity contribution in [2.24, 2.45) is 0 Å². The first-order chi connectivity index (χ1) is 14.0. The van der Waals surface area contributed by atoms with E-state index in [1.165, 1.54) is 0 Å². The molecule has 3 heterocycles. The average molecular weight is 411 g/mol. The number of esters is 1. The van der Waals surface area contributed by atoms with Crippen molar-refractivity contribution in [2.45, 2.75) is 33.6 Å². The van der Waals surface area contributed by atoms with Gasteiger partial charge in [-0.15, -0.1) is 11.3 Å². The van der Waals surface area contributed by atoms with Crippen LogP contribution in [0.4, 0.5) is 5.69 Å². The molecule has 3 aromatic rings. The summed E-state index contributed by atoms with van der Waals surface area (Å²) >= 11 is 1.61. The summed E-state index contributed by atoms with van der Waals surface area (Å²) in [5, 5.41) is 6.90. The van der Waals surface area contributed by atoms with E-state index >= 15 is 0 Å². The van der Waals surface area contributed by atoms with Crippen LogP contribution in [0.5, 0.6) is 0 Å². The molecular weight excluding hydrogens is 390 g/mol. The van der Waals surface area contributed by atoms with Gasteiger partial charge in [0.2, 0.25) is 0 Å². The molecule has 0 radical (unpaired) electrons. The predicted molar refractivity (Wildman–Crippen MR) is 109 cm³/mol. The molecule has 0 saturated carbocycles. The Morgan fingerprint density at radius 1 is 1.31 bits per heavy atom. The fraction of sp³-hybridized carbons (Fsp3) is 0.333. The van der Waals surface area contributed by atoms with Gasteiger partial charge in [0.25, 0.3) is 5.91 Å². The van der Waals surface area contributed by atoms with E-state index in [2.05, 4.69) is 16.2 Å². The molecule has 0 N–H and O–H groups in total. The minimum atomic E-state index is -0.581. The number of hydrogen-bond donors (Lipinski definition) is 0. The predicted octanol–water partition coefficient (Wildman–Crippen LogP) is 3.72. The van der Waals surface area contributed by atoms with Crippen LogP contribution in [0.25, 0.3) is 11.3 Å². The van der Waals surface area contributed by atoms with Gasteiger partial charge in [-0.1, -0.05) is 18.1 Å². The Morgan fingerprint density at radius 3 is 2.86 bits per heavy atom. The Bertz CT molecular complexity index is 1090. The van der Waals surface area contributed by atoms with Gasteiger partial charge in [0.15, 0.2) is 6.61 Å². The maximum absolute atomic E-state index is 12.7. The number of aryl methyl sites for hydroxylation is 3. The van der Waals surface area contributed by atoms with Crippen LogP contribution in [-0.4, -0.2) is 35.2 Å². The van der Waals surface area contributed by atoms with Crippen LogP contribution in [0.1, 0.15) is 39.3 Å². The van der Waals surface area contributed by atoms with Crippen LogP contribution in [0.2, 0.25) is 0 Å². The van der Waals surface area contributed by atoms with Crippen LogP contribution in [-0.2, 0) is 22.4 Å². The fourth-order valence-electron chi connectivity index (χ4n) is 3.51. The standard InChI is InChI=1S/C21H21N3O4S/c1-4-16-20(12(2)28-23-16)21(26)27-10-19(25)24-8-7-15-9-14(5-6-18(15)24)17-11-29-13(3)22-17/h5-6,9,11H,4,7-8,10H2,1-3H3. The number of carbonyl (C=O) groups excluding carboxylic acids is 2. The number of anilines is 1. The van der Waals surface area contributed by atoms with Gasteiger partial charge >= 0.3 is 5.97 Å². The number of rotatable bonds is 5. The summed E-state index contributed by atoms with van der Waals surface area (Å²) < 4.78 is 10.3. The van der Waals surface area contributed by atoms with E-state index in [1.54, 1.807) is 23.2 Å². The Morgan fingerprint density at radius 2 is 2.14 bits per heavy atom. The SMILES string of the molecule is CCc1noc(C)c1C(=O)OCC(=O)N1CCc2cc(-c3csc(C)n3)ccc21. The molecule has 0 saturated heterocycles. The smallest absolute Gasteiger partial charge is 0.344 e. The molecule has 4 rings (SSSR count). The van der Waals surface area contributed by atoms with Crippen LogP contribution in [0, 0.1) is 13.8 Å². The zero-order valence-electron chi connectivity index (χ0n) is 16.5. The summed E-state index contributed by atoms with van der Waals surface area (Å²) in [7, 11) is 0. The molecule has 2 aromatic heterocycles. The zero-order chi connectivity index (χ0) is 20.5. The molecule has 0 aliphatic carbocycles. The summed E-state index contributed by atoms with van der Waals surface area (Å²) in [4.78, 5) is 31.2. The van der Waals surface area contributed by atoms with Gasteiger partial charge in [0.1, 0.15) is 11.3 Å². The lowest BCUT2D eigenvalue weighted by Gasteiger charge is -2.17. The van der Waals surface area contributed by atoms with Gasteiger partial charge in [-0.25, -0.2) is 9.78 Å². The summed E-state index contributed by atoms with van der Waals surface area (Å²) in [6, 6.07) is 5.99. The molecule has 1 aliphatic heterocycles. The average Bonchev–Trinajstić information content (AvgIpc) is 3.43. The van der Waals surface area contributed by atoms with E-state index in [0.29, 0.717) is 30.0 Å². The van der Waals surface area contributed by atoms with Gasteiger partial charge < -0.3 is 14.2 Å². The summed E-state index contributed by atoms with van der Waals surface area (Å²) in [6.45, 7) is 5.76. The minimum Gasteiger partial charge on any atom is -0.452 e. The first kappa shape index (κ1) is 19.3. The van der Waals surface area contributed by atoms with Gasteiger partial charge in [0, 0.05) is 23.2 Å². The number of aromatic nitrogens is 2. The van der Waals surface area contributed by atoms with Crippen molar-refractivity contribution in [3.8, 4) is 11.3 Å². The van der Waals surface area contributed by atoms with Crippen LogP contribution in [0.3, 0.4) is 0 Å². The van der Waals surface area contributed by atoms with E-state index in [1.807, 2.05) is 31.4 Å². The largest absolute Gasteiger partial charge is 0.452 e. The third-order valence-electron chi connectivity index (χ3n) is 4.99. The van der Waals surface area contributed by atoms with Crippen molar-refractivity contribution in [3.63, 3.8) is 0 Å². The molecule has 7 nitrogen and oxygen atoms in total. The summed E-state index contributed by atoms with van der Waals surface area (Å²) in [6.07, 6.45) is 1.31. The first-order valence-electron chi connectivity index (χ1n) is 9.46. The van der Waals surface area contributed by atoms with Crippen molar-refractivity contribution < 1.29 is 18.8 Å². The molecule has 29 heavy (non-hydrogen) atoms. The molecule has 1 aromatic carbocycles. The maximum Gasteiger partial charge on any atom is 0.344 e.